The van der Waals surface area contributed by atoms with Gasteiger partial charge in [-0.2, -0.15) is 0 Å². The van der Waals surface area contributed by atoms with E-state index in [1.807, 2.05) is 0 Å². The first kappa shape index (κ1) is 21.1. The van der Waals surface area contributed by atoms with E-state index >= 15 is 0 Å². The Bertz CT molecular complexity index is 955. The van der Waals surface area contributed by atoms with Crippen LogP contribution in [0.5, 0.6) is 0 Å². The van der Waals surface area contributed by atoms with Crippen molar-refractivity contribution in [3.8, 4) is 0 Å². The van der Waals surface area contributed by atoms with Gasteiger partial charge in [-0.15, -0.1) is 0 Å². The molecule has 0 unspecified atom stereocenters. The normalized spacial score (nSPS) is 17.1. The van der Waals surface area contributed by atoms with Gasteiger partial charge in [0, 0.05) is 13.1 Å². The average molecular weight is 420 g/mol. The summed E-state index contributed by atoms with van der Waals surface area (Å²) in [5, 5.41) is 0. The van der Waals surface area contributed by atoms with Crippen LogP contribution in [0.15, 0.2) is 52.0 Å². The lowest BCUT2D eigenvalue weighted by molar-refractivity contribution is -0.136. The smallest absolute Gasteiger partial charge is 0.338 e. The monoisotopic (exact) mass is 420 g/mol. The number of carbonyl (C=O) groups is 2. The topological polar surface area (TPSA) is 106 Å². The van der Waals surface area contributed by atoms with Gasteiger partial charge in [-0.1, -0.05) is 13.0 Å². The van der Waals surface area contributed by atoms with Crippen molar-refractivity contribution in [1.29, 1.82) is 0 Å². The number of rotatable bonds is 7. The molecule has 1 aliphatic heterocycles. The molecular weight excluding hydrogens is 396 g/mol. The van der Waals surface area contributed by atoms with Gasteiger partial charge in [0.2, 0.25) is 10.0 Å². The highest BCUT2D eigenvalue weighted by Gasteiger charge is 2.23. The van der Waals surface area contributed by atoms with Crippen molar-refractivity contribution >= 4 is 21.9 Å². The van der Waals surface area contributed by atoms with Crippen LogP contribution in [0.1, 0.15) is 35.9 Å². The molecule has 0 spiro atoms. The van der Waals surface area contributed by atoms with Crippen LogP contribution in [0.2, 0.25) is 0 Å². The van der Waals surface area contributed by atoms with E-state index in [4.69, 9.17) is 9.15 Å². The van der Waals surface area contributed by atoms with Crippen LogP contribution in [0, 0.1) is 5.92 Å². The molecule has 2 aromatic rings. The van der Waals surface area contributed by atoms with Gasteiger partial charge in [0.05, 0.1) is 23.3 Å². The van der Waals surface area contributed by atoms with Crippen LogP contribution in [-0.4, -0.2) is 44.9 Å². The van der Waals surface area contributed by atoms with Gasteiger partial charge in [0.15, 0.2) is 6.61 Å². The van der Waals surface area contributed by atoms with Crippen molar-refractivity contribution in [2.24, 2.45) is 5.92 Å². The summed E-state index contributed by atoms with van der Waals surface area (Å²) in [6.45, 7) is 3.03. The number of nitrogens with one attached hydrogen (secondary N) is 1. The second kappa shape index (κ2) is 9.23. The minimum Gasteiger partial charge on any atom is -0.468 e. The molecule has 1 N–H and O–H groups in total. The van der Waals surface area contributed by atoms with Crippen LogP contribution in [0.4, 0.5) is 0 Å². The van der Waals surface area contributed by atoms with E-state index in [-0.39, 0.29) is 29.5 Å². The summed E-state index contributed by atoms with van der Waals surface area (Å²) in [5.41, 5.74) is 0.0608. The number of furan rings is 1. The zero-order valence-electron chi connectivity index (χ0n) is 16.2. The molecule has 3 rings (SSSR count). The third kappa shape index (κ3) is 5.68. The first-order valence-electron chi connectivity index (χ1n) is 9.42. The zero-order chi connectivity index (χ0) is 20.9. The molecule has 29 heavy (non-hydrogen) atoms. The second-order valence-corrected chi connectivity index (χ2v) is 8.86. The van der Waals surface area contributed by atoms with E-state index in [0.29, 0.717) is 24.8 Å². The summed E-state index contributed by atoms with van der Waals surface area (Å²) in [6.07, 6.45) is 3.47. The van der Waals surface area contributed by atoms with Crippen LogP contribution >= 0.6 is 0 Å². The van der Waals surface area contributed by atoms with Crippen LogP contribution in [0.25, 0.3) is 0 Å². The van der Waals surface area contributed by atoms with Crippen molar-refractivity contribution in [2.45, 2.75) is 31.2 Å². The number of sulfonamides is 1. The third-order valence-electron chi connectivity index (χ3n) is 4.73. The van der Waals surface area contributed by atoms with Gasteiger partial charge in [-0.05, 0) is 49.1 Å². The lowest BCUT2D eigenvalue weighted by atomic mass is 10.0. The number of esters is 1. The van der Waals surface area contributed by atoms with Crippen molar-refractivity contribution in [3.05, 3.63) is 54.0 Å². The average Bonchev–Trinajstić information content (AvgIpc) is 3.24. The minimum atomic E-state index is -3.84. The highest BCUT2D eigenvalue weighted by atomic mass is 32.2. The van der Waals surface area contributed by atoms with E-state index in [9.17, 15) is 18.0 Å². The molecule has 9 heteroatoms. The second-order valence-electron chi connectivity index (χ2n) is 7.10. The molecule has 1 saturated heterocycles. The maximum Gasteiger partial charge on any atom is 0.338 e. The summed E-state index contributed by atoms with van der Waals surface area (Å²) in [7, 11) is -3.84. The third-order valence-corrected chi connectivity index (χ3v) is 6.13. The van der Waals surface area contributed by atoms with Crippen molar-refractivity contribution in [1.82, 2.24) is 9.62 Å². The predicted octanol–water partition coefficient (Wildman–Crippen LogP) is 2.17. The van der Waals surface area contributed by atoms with E-state index in [2.05, 4.69) is 11.6 Å². The Morgan fingerprint density at radius 1 is 1.28 bits per heavy atom. The molecule has 0 radical (unpaired) electrons. The standard InChI is InChI=1S/C20H24N2O6S/c1-15-5-3-9-22(13-15)19(23)14-28-20(24)16-6-2-8-18(11-16)29(25,26)21-12-17-7-4-10-27-17/h2,4,6-8,10-11,15,21H,3,5,9,12-14H2,1H3/t15-/m0/s1. The highest BCUT2D eigenvalue weighted by Crippen LogP contribution is 2.16. The fourth-order valence-corrected chi connectivity index (χ4v) is 4.21. The molecule has 8 nitrogen and oxygen atoms in total. The van der Waals surface area contributed by atoms with Gasteiger partial charge >= 0.3 is 5.97 Å². The number of likely N-dealkylation sites (tertiary alicyclic amines) is 1. The SMILES string of the molecule is C[C@H]1CCCN(C(=O)COC(=O)c2cccc(S(=O)(=O)NCc3ccco3)c2)C1. The van der Waals surface area contributed by atoms with Gasteiger partial charge in [0.25, 0.3) is 5.91 Å². The number of nitrogens with zero attached hydrogens (tertiary/aromatic N) is 1. The Kier molecular flexibility index (Phi) is 6.71. The number of hydrogen-bond donors (Lipinski definition) is 1. The molecule has 0 bridgehead atoms. The van der Waals surface area contributed by atoms with Crippen LogP contribution in [0.3, 0.4) is 0 Å². The Morgan fingerprint density at radius 3 is 2.83 bits per heavy atom. The molecule has 1 aromatic carbocycles. The number of carbonyl (C=O) groups excluding carboxylic acids is 2. The first-order valence-corrected chi connectivity index (χ1v) is 10.9. The molecule has 1 amide bonds. The molecule has 0 aliphatic carbocycles. The number of hydrogen-bond acceptors (Lipinski definition) is 6. The summed E-state index contributed by atoms with van der Waals surface area (Å²) in [5.74, 6) is -0.0890. The Hall–Kier alpha value is -2.65. The molecule has 2 heterocycles. The molecule has 1 atom stereocenters. The quantitative estimate of drug-likeness (QED) is 0.688. The maximum atomic E-state index is 12.4. The van der Waals surface area contributed by atoms with Crippen molar-refractivity contribution < 1.29 is 27.2 Å². The van der Waals surface area contributed by atoms with Gasteiger partial charge in [0.1, 0.15) is 5.76 Å². The maximum absolute atomic E-state index is 12.4. The molecule has 1 fully saturated rings. The zero-order valence-corrected chi connectivity index (χ0v) is 17.0. The van der Waals surface area contributed by atoms with Gasteiger partial charge < -0.3 is 14.1 Å². The lowest BCUT2D eigenvalue weighted by Gasteiger charge is -2.30. The van der Waals surface area contributed by atoms with E-state index in [0.717, 1.165) is 12.8 Å². The molecule has 0 saturated carbocycles. The van der Waals surface area contributed by atoms with E-state index < -0.39 is 16.0 Å². The molecule has 1 aliphatic rings. The first-order chi connectivity index (χ1) is 13.8. The summed E-state index contributed by atoms with van der Waals surface area (Å²) >= 11 is 0. The lowest BCUT2D eigenvalue weighted by Crippen LogP contribution is -2.41. The van der Waals surface area contributed by atoms with Gasteiger partial charge in [-0.3, -0.25) is 4.79 Å². The van der Waals surface area contributed by atoms with Crippen LogP contribution in [-0.2, 0) is 26.1 Å². The molecule has 1 aromatic heterocycles. The summed E-state index contributed by atoms with van der Waals surface area (Å²) in [6, 6.07) is 8.80. The number of amides is 1. The summed E-state index contributed by atoms with van der Waals surface area (Å²) in [4.78, 5) is 26.2. The summed E-state index contributed by atoms with van der Waals surface area (Å²) < 4.78 is 37.5. The van der Waals surface area contributed by atoms with Gasteiger partial charge in [-0.25, -0.2) is 17.9 Å². The Labute approximate surface area is 169 Å². The fraction of sp³-hybridized carbons (Fsp3) is 0.400. The largest absolute Gasteiger partial charge is 0.468 e. The number of benzene rings is 1. The number of piperidine rings is 1. The minimum absolute atomic E-state index is 0.00718. The Morgan fingerprint density at radius 2 is 2.10 bits per heavy atom. The fourth-order valence-electron chi connectivity index (χ4n) is 3.17. The van der Waals surface area contributed by atoms with E-state index in [1.54, 1.807) is 17.0 Å². The number of ether oxygens (including phenoxy) is 1. The molecular formula is C20H24N2O6S. The van der Waals surface area contributed by atoms with Crippen LogP contribution < -0.4 is 4.72 Å². The predicted molar refractivity (Wildman–Crippen MR) is 104 cm³/mol. The van der Waals surface area contributed by atoms with E-state index in [1.165, 1.54) is 30.5 Å². The molecule has 156 valence electrons. The van der Waals surface area contributed by atoms with Crippen molar-refractivity contribution in [3.63, 3.8) is 0 Å². The highest BCUT2D eigenvalue weighted by molar-refractivity contribution is 7.89. The Balaban J connectivity index is 1.59. The van der Waals surface area contributed by atoms with Crippen molar-refractivity contribution in [2.75, 3.05) is 19.7 Å².